The molecule has 0 aliphatic carbocycles. The summed E-state index contributed by atoms with van der Waals surface area (Å²) in [5.41, 5.74) is 5.47. The van der Waals surface area contributed by atoms with Crippen LogP contribution in [0.25, 0.3) is 0 Å². The van der Waals surface area contributed by atoms with E-state index in [1.807, 2.05) is 0 Å². The van der Waals surface area contributed by atoms with Gasteiger partial charge in [0.05, 0.1) is 12.0 Å². The summed E-state index contributed by atoms with van der Waals surface area (Å²) >= 11 is 3.14. The third-order valence-corrected chi connectivity index (χ3v) is 5.27. The van der Waals surface area contributed by atoms with Gasteiger partial charge in [-0.3, -0.25) is 10.1 Å². The van der Waals surface area contributed by atoms with E-state index in [4.69, 9.17) is 10.5 Å². The van der Waals surface area contributed by atoms with Gasteiger partial charge in [-0.25, -0.2) is 13.1 Å². The van der Waals surface area contributed by atoms with Crippen molar-refractivity contribution in [3.05, 3.63) is 26.2 Å². The molecule has 0 aliphatic heterocycles. The molecule has 1 aromatic rings. The maximum Gasteiger partial charge on any atom is 0.316 e. The molecule has 1 rings (SSSR count). The van der Waals surface area contributed by atoms with Gasteiger partial charge in [-0.2, -0.15) is 0 Å². The number of nitrogens with two attached hydrogens (primary N) is 1. The first-order valence-corrected chi connectivity index (χ1v) is 8.66. The van der Waals surface area contributed by atoms with Crippen molar-refractivity contribution in [1.82, 2.24) is 4.72 Å². The Morgan fingerprint density at radius 3 is 2.59 bits per heavy atom. The zero-order valence-corrected chi connectivity index (χ0v) is 14.8. The summed E-state index contributed by atoms with van der Waals surface area (Å²) in [5.74, 6) is -0.293. The molecule has 0 heterocycles. The molecule has 1 unspecified atom stereocenters. The van der Waals surface area contributed by atoms with Gasteiger partial charge in [0, 0.05) is 22.6 Å². The highest BCUT2D eigenvalue weighted by Gasteiger charge is 2.30. The van der Waals surface area contributed by atoms with Gasteiger partial charge in [0.1, 0.15) is 4.90 Å². The van der Waals surface area contributed by atoms with Gasteiger partial charge in [0.25, 0.3) is 0 Å². The van der Waals surface area contributed by atoms with Crippen molar-refractivity contribution in [2.45, 2.75) is 31.2 Å². The maximum atomic E-state index is 12.4. The van der Waals surface area contributed by atoms with Gasteiger partial charge in [0.15, 0.2) is 0 Å². The Bertz CT molecular complexity index is 676. The Balaban J connectivity index is 3.38. The van der Waals surface area contributed by atoms with E-state index in [1.54, 1.807) is 6.92 Å². The van der Waals surface area contributed by atoms with E-state index in [1.165, 1.54) is 20.1 Å². The van der Waals surface area contributed by atoms with Crippen molar-refractivity contribution in [3.8, 4) is 5.75 Å². The molecule has 0 amide bonds. The highest BCUT2D eigenvalue weighted by atomic mass is 79.9. The Labute approximate surface area is 137 Å². The first-order valence-electron chi connectivity index (χ1n) is 6.38. The zero-order chi connectivity index (χ0) is 17.1. The normalized spacial score (nSPS) is 13.0. The summed E-state index contributed by atoms with van der Waals surface area (Å²) in [6, 6.07) is 1.12. The van der Waals surface area contributed by atoms with Crippen LogP contribution in [0.3, 0.4) is 0 Å². The van der Waals surface area contributed by atoms with Gasteiger partial charge in [-0.1, -0.05) is 15.9 Å². The highest BCUT2D eigenvalue weighted by Crippen LogP contribution is 2.40. The topological polar surface area (TPSA) is 125 Å². The molecule has 0 radical (unpaired) electrons. The van der Waals surface area contributed by atoms with Gasteiger partial charge >= 0.3 is 5.69 Å². The van der Waals surface area contributed by atoms with E-state index in [0.717, 1.165) is 0 Å². The third-order valence-electron chi connectivity index (χ3n) is 2.98. The predicted molar refractivity (Wildman–Crippen MR) is 85.5 cm³/mol. The first kappa shape index (κ1) is 18.8. The van der Waals surface area contributed by atoms with E-state index in [-0.39, 0.29) is 34.5 Å². The molecule has 0 aliphatic rings. The lowest BCUT2D eigenvalue weighted by Crippen LogP contribution is -2.29. The number of hydrogen-bond acceptors (Lipinski definition) is 6. The predicted octanol–water partition coefficient (Wildman–Crippen LogP) is 1.69. The van der Waals surface area contributed by atoms with E-state index >= 15 is 0 Å². The van der Waals surface area contributed by atoms with Crippen molar-refractivity contribution in [3.63, 3.8) is 0 Å². The molecule has 0 fully saturated rings. The van der Waals surface area contributed by atoms with Crippen LogP contribution < -0.4 is 15.2 Å². The number of nitrogens with one attached hydrogen (secondary N) is 1. The minimum absolute atomic E-state index is 0.127. The lowest BCUT2D eigenvalue weighted by Gasteiger charge is -2.14. The average Bonchev–Trinajstić information content (AvgIpc) is 2.39. The van der Waals surface area contributed by atoms with E-state index in [2.05, 4.69) is 20.7 Å². The fraction of sp³-hybridized carbons (Fsp3) is 0.500. The smallest absolute Gasteiger partial charge is 0.316 e. The highest BCUT2D eigenvalue weighted by molar-refractivity contribution is 9.10. The molecule has 10 heteroatoms. The van der Waals surface area contributed by atoms with Crippen LogP contribution in [-0.4, -0.2) is 33.0 Å². The third kappa shape index (κ3) is 4.15. The Hall–Kier alpha value is -1.23. The van der Waals surface area contributed by atoms with Crippen LogP contribution in [0.2, 0.25) is 0 Å². The van der Waals surface area contributed by atoms with Crippen LogP contribution in [0, 0.1) is 17.0 Å². The van der Waals surface area contributed by atoms with E-state index < -0.39 is 14.9 Å². The number of rotatable bonds is 7. The van der Waals surface area contributed by atoms with Gasteiger partial charge < -0.3 is 10.5 Å². The number of sulfonamides is 1. The molecule has 8 nitrogen and oxygen atoms in total. The van der Waals surface area contributed by atoms with Crippen LogP contribution >= 0.6 is 15.9 Å². The molecule has 0 aromatic heterocycles. The molecule has 0 spiro atoms. The first-order chi connectivity index (χ1) is 10.1. The summed E-state index contributed by atoms with van der Waals surface area (Å²) in [6.45, 7) is 3.38. The number of nitro benzene ring substituents is 1. The zero-order valence-electron chi connectivity index (χ0n) is 12.4. The maximum absolute atomic E-state index is 12.4. The van der Waals surface area contributed by atoms with Crippen LogP contribution in [0.15, 0.2) is 15.4 Å². The van der Waals surface area contributed by atoms with Crippen molar-refractivity contribution < 1.29 is 18.1 Å². The number of halogens is 1. The number of methoxy groups -OCH3 is 1. The van der Waals surface area contributed by atoms with Gasteiger partial charge in [-0.05, 0) is 26.3 Å². The number of ether oxygens (including phenoxy) is 1. The SMILES string of the molecule is COc1c(S(=O)(=O)NCCC(C)N)cc(Br)c(C)c1[N+](=O)[O-]. The number of nitro groups is 1. The second kappa shape index (κ2) is 7.36. The fourth-order valence-corrected chi connectivity index (χ4v) is 3.61. The van der Waals surface area contributed by atoms with Crippen LogP contribution in [0.4, 0.5) is 5.69 Å². The summed E-state index contributed by atoms with van der Waals surface area (Å²) in [6.07, 6.45) is 0.441. The lowest BCUT2D eigenvalue weighted by molar-refractivity contribution is -0.386. The van der Waals surface area contributed by atoms with Gasteiger partial charge in [0.2, 0.25) is 15.8 Å². The Kier molecular flexibility index (Phi) is 6.29. The summed E-state index contributed by atoms with van der Waals surface area (Å²) < 4.78 is 32.4. The van der Waals surface area contributed by atoms with Crippen LogP contribution in [0.5, 0.6) is 5.75 Å². The van der Waals surface area contributed by atoms with E-state index in [0.29, 0.717) is 10.9 Å². The van der Waals surface area contributed by atoms with Gasteiger partial charge in [-0.15, -0.1) is 0 Å². The molecule has 0 saturated heterocycles. The second-order valence-corrected chi connectivity index (χ2v) is 7.37. The standard InChI is InChI=1S/C12H18BrN3O5S/c1-7(14)4-5-15-22(19,20)10-6-9(13)8(2)11(16(17)18)12(10)21-3/h6-7,15H,4-5,14H2,1-3H3. The molecular formula is C12H18BrN3O5S. The lowest BCUT2D eigenvalue weighted by atomic mass is 10.2. The summed E-state index contributed by atoms with van der Waals surface area (Å²) in [5, 5.41) is 11.2. The Morgan fingerprint density at radius 1 is 1.55 bits per heavy atom. The number of hydrogen-bond donors (Lipinski definition) is 2. The summed E-state index contributed by atoms with van der Waals surface area (Å²) in [4.78, 5) is 10.3. The minimum atomic E-state index is -3.96. The largest absolute Gasteiger partial charge is 0.489 e. The number of benzene rings is 1. The van der Waals surface area contributed by atoms with Crippen molar-refractivity contribution in [2.24, 2.45) is 5.73 Å². The van der Waals surface area contributed by atoms with Crippen molar-refractivity contribution >= 4 is 31.6 Å². The molecule has 0 saturated carbocycles. The quantitative estimate of drug-likeness (QED) is 0.534. The van der Waals surface area contributed by atoms with E-state index in [9.17, 15) is 18.5 Å². The molecule has 1 aromatic carbocycles. The minimum Gasteiger partial charge on any atom is -0.489 e. The summed E-state index contributed by atoms with van der Waals surface area (Å²) in [7, 11) is -2.77. The van der Waals surface area contributed by atoms with Crippen molar-refractivity contribution in [1.29, 1.82) is 0 Å². The molecule has 0 bridgehead atoms. The average molecular weight is 396 g/mol. The molecule has 1 atom stereocenters. The molecular weight excluding hydrogens is 378 g/mol. The van der Waals surface area contributed by atoms with Crippen molar-refractivity contribution in [2.75, 3.05) is 13.7 Å². The molecule has 124 valence electrons. The Morgan fingerprint density at radius 2 is 2.14 bits per heavy atom. The van der Waals surface area contributed by atoms with Crippen LogP contribution in [0.1, 0.15) is 18.9 Å². The fourth-order valence-electron chi connectivity index (χ4n) is 1.80. The van der Waals surface area contributed by atoms with Crippen LogP contribution in [-0.2, 0) is 10.0 Å². The molecule has 22 heavy (non-hydrogen) atoms. The number of nitrogens with zero attached hydrogens (tertiary/aromatic N) is 1. The monoisotopic (exact) mass is 395 g/mol. The second-order valence-electron chi connectivity index (χ2n) is 4.78. The molecule has 3 N–H and O–H groups in total.